The topological polar surface area (TPSA) is 64.4 Å². The first-order chi connectivity index (χ1) is 14.8. The van der Waals surface area contributed by atoms with Gasteiger partial charge >= 0.3 is 6.18 Å². The number of amides is 1. The SMILES string of the molecule is COc1ccc(-c2onc3c2CCC3)cc1NC(=O)/C=C/c1cccc(C(F)(F)F)c1. The Morgan fingerprint density at radius 2 is 2.03 bits per heavy atom. The van der Waals surface area contributed by atoms with Gasteiger partial charge in [0, 0.05) is 17.2 Å². The van der Waals surface area contributed by atoms with Gasteiger partial charge < -0.3 is 14.6 Å². The minimum atomic E-state index is -4.44. The summed E-state index contributed by atoms with van der Waals surface area (Å²) in [4.78, 5) is 12.4. The third-order valence-electron chi connectivity index (χ3n) is 5.07. The zero-order chi connectivity index (χ0) is 22.0. The van der Waals surface area contributed by atoms with Crippen LogP contribution in [0.1, 0.15) is 28.8 Å². The molecular weight excluding hydrogens is 409 g/mol. The fourth-order valence-electron chi connectivity index (χ4n) is 3.57. The normalized spacial score (nSPS) is 13.4. The van der Waals surface area contributed by atoms with Crippen LogP contribution in [0.4, 0.5) is 18.9 Å². The van der Waals surface area contributed by atoms with Crippen molar-refractivity contribution in [2.75, 3.05) is 12.4 Å². The van der Waals surface area contributed by atoms with Gasteiger partial charge in [0.25, 0.3) is 0 Å². The maximum absolute atomic E-state index is 12.8. The highest BCUT2D eigenvalue weighted by Gasteiger charge is 2.30. The summed E-state index contributed by atoms with van der Waals surface area (Å²) < 4.78 is 49.3. The highest BCUT2D eigenvalue weighted by molar-refractivity contribution is 6.03. The quantitative estimate of drug-likeness (QED) is 0.545. The van der Waals surface area contributed by atoms with Gasteiger partial charge in [-0.3, -0.25) is 4.79 Å². The van der Waals surface area contributed by atoms with Crippen LogP contribution in [0.25, 0.3) is 17.4 Å². The number of alkyl halides is 3. The number of aryl methyl sites for hydroxylation is 1. The first-order valence-electron chi connectivity index (χ1n) is 9.67. The number of ether oxygens (including phenoxy) is 1. The standard InChI is InChI=1S/C23H19F3N2O3/c1-30-20-10-9-15(22-17-6-3-7-18(17)28-31-22)13-19(20)27-21(29)11-8-14-4-2-5-16(12-14)23(24,25)26/h2,4-5,8-13H,3,6-7H2,1H3,(H,27,29)/b11-8+. The Bertz CT molecular complexity index is 1150. The lowest BCUT2D eigenvalue weighted by Gasteiger charge is -2.11. The molecule has 0 aliphatic heterocycles. The van der Waals surface area contributed by atoms with E-state index in [0.29, 0.717) is 17.2 Å². The van der Waals surface area contributed by atoms with Crippen molar-refractivity contribution < 1.29 is 27.2 Å². The Kier molecular flexibility index (Phi) is 5.54. The molecule has 0 saturated carbocycles. The van der Waals surface area contributed by atoms with E-state index in [1.165, 1.54) is 31.4 Å². The van der Waals surface area contributed by atoms with Crippen LogP contribution in [0.15, 0.2) is 53.1 Å². The molecule has 0 bridgehead atoms. The van der Waals surface area contributed by atoms with Crippen LogP contribution >= 0.6 is 0 Å². The molecule has 0 saturated heterocycles. The summed E-state index contributed by atoms with van der Waals surface area (Å²) >= 11 is 0. The predicted octanol–water partition coefficient (Wildman–Crippen LogP) is 5.51. The smallest absolute Gasteiger partial charge is 0.416 e. The molecule has 0 unspecified atom stereocenters. The second-order valence-corrected chi connectivity index (χ2v) is 7.15. The summed E-state index contributed by atoms with van der Waals surface area (Å²) in [5.41, 5.74) is 2.70. The number of benzene rings is 2. The minimum absolute atomic E-state index is 0.267. The van der Waals surface area contributed by atoms with Crippen molar-refractivity contribution in [1.82, 2.24) is 5.16 Å². The highest BCUT2D eigenvalue weighted by atomic mass is 19.4. The number of methoxy groups -OCH3 is 1. The number of carbonyl (C=O) groups excluding carboxylic acids is 1. The van der Waals surface area contributed by atoms with Crippen LogP contribution in [0.3, 0.4) is 0 Å². The van der Waals surface area contributed by atoms with Crippen LogP contribution in [0, 0.1) is 0 Å². The van der Waals surface area contributed by atoms with E-state index in [9.17, 15) is 18.0 Å². The molecule has 1 aliphatic rings. The van der Waals surface area contributed by atoms with Crippen LogP contribution in [-0.2, 0) is 23.8 Å². The average Bonchev–Trinajstić information content (AvgIpc) is 3.36. The molecule has 1 aromatic heterocycles. The molecule has 0 atom stereocenters. The summed E-state index contributed by atoms with van der Waals surface area (Å²) in [7, 11) is 1.48. The van der Waals surface area contributed by atoms with Gasteiger partial charge in [0.2, 0.25) is 5.91 Å². The fraction of sp³-hybridized carbons (Fsp3) is 0.217. The summed E-state index contributed by atoms with van der Waals surface area (Å²) in [6.45, 7) is 0. The van der Waals surface area contributed by atoms with Crippen LogP contribution in [0.2, 0.25) is 0 Å². The van der Waals surface area contributed by atoms with Crippen LogP contribution in [0.5, 0.6) is 5.75 Å². The molecule has 2 aromatic carbocycles. The third kappa shape index (κ3) is 4.47. The van der Waals surface area contributed by atoms with Gasteiger partial charge in [0.15, 0.2) is 5.76 Å². The van der Waals surface area contributed by atoms with E-state index in [0.717, 1.165) is 48.2 Å². The summed E-state index contributed by atoms with van der Waals surface area (Å²) in [5, 5.41) is 6.82. The molecule has 1 aliphatic carbocycles. The molecule has 5 nitrogen and oxygen atoms in total. The van der Waals surface area contributed by atoms with E-state index >= 15 is 0 Å². The zero-order valence-electron chi connectivity index (χ0n) is 16.6. The maximum atomic E-state index is 12.8. The van der Waals surface area contributed by atoms with E-state index in [-0.39, 0.29) is 5.56 Å². The number of halogens is 3. The molecule has 1 heterocycles. The van der Waals surface area contributed by atoms with Crippen molar-refractivity contribution in [1.29, 1.82) is 0 Å². The zero-order valence-corrected chi connectivity index (χ0v) is 16.6. The number of hydrogen-bond acceptors (Lipinski definition) is 4. The molecular formula is C23H19F3N2O3. The number of aromatic nitrogens is 1. The molecule has 4 rings (SSSR count). The van der Waals surface area contributed by atoms with Crippen LogP contribution < -0.4 is 10.1 Å². The van der Waals surface area contributed by atoms with Gasteiger partial charge in [0.1, 0.15) is 5.75 Å². The molecule has 31 heavy (non-hydrogen) atoms. The van der Waals surface area contributed by atoms with E-state index in [4.69, 9.17) is 9.26 Å². The van der Waals surface area contributed by atoms with Crippen molar-refractivity contribution in [3.8, 4) is 17.1 Å². The third-order valence-corrected chi connectivity index (χ3v) is 5.07. The molecule has 160 valence electrons. The molecule has 0 fully saturated rings. The molecule has 8 heteroatoms. The second-order valence-electron chi connectivity index (χ2n) is 7.15. The summed E-state index contributed by atoms with van der Waals surface area (Å²) in [6, 6.07) is 10.0. The van der Waals surface area contributed by atoms with Crippen molar-refractivity contribution >= 4 is 17.7 Å². The number of rotatable bonds is 5. The molecule has 0 radical (unpaired) electrons. The lowest BCUT2D eigenvalue weighted by molar-refractivity contribution is -0.137. The van der Waals surface area contributed by atoms with Gasteiger partial charge in [-0.15, -0.1) is 0 Å². The van der Waals surface area contributed by atoms with Crippen molar-refractivity contribution in [3.05, 3.63) is 70.9 Å². The van der Waals surface area contributed by atoms with Crippen molar-refractivity contribution in [2.45, 2.75) is 25.4 Å². The second kappa shape index (κ2) is 8.29. The Morgan fingerprint density at radius 1 is 1.19 bits per heavy atom. The van der Waals surface area contributed by atoms with Crippen molar-refractivity contribution in [2.24, 2.45) is 0 Å². The highest BCUT2D eigenvalue weighted by Crippen LogP contribution is 2.36. The Balaban J connectivity index is 1.54. The number of nitrogens with one attached hydrogen (secondary N) is 1. The number of nitrogens with zero attached hydrogens (tertiary/aromatic N) is 1. The minimum Gasteiger partial charge on any atom is -0.495 e. The first kappa shape index (κ1) is 20.7. The summed E-state index contributed by atoms with van der Waals surface area (Å²) in [6.07, 6.45) is 0.862. The Hall–Kier alpha value is -3.55. The maximum Gasteiger partial charge on any atom is 0.416 e. The van der Waals surface area contributed by atoms with E-state index in [1.807, 2.05) is 6.07 Å². The largest absolute Gasteiger partial charge is 0.495 e. The first-order valence-corrected chi connectivity index (χ1v) is 9.67. The predicted molar refractivity (Wildman–Crippen MR) is 110 cm³/mol. The van der Waals surface area contributed by atoms with Gasteiger partial charge in [-0.25, -0.2) is 0 Å². The molecule has 1 amide bonds. The van der Waals surface area contributed by atoms with E-state index < -0.39 is 17.6 Å². The van der Waals surface area contributed by atoms with Crippen LogP contribution in [-0.4, -0.2) is 18.2 Å². The van der Waals surface area contributed by atoms with Crippen molar-refractivity contribution in [3.63, 3.8) is 0 Å². The monoisotopic (exact) mass is 428 g/mol. The Morgan fingerprint density at radius 3 is 2.81 bits per heavy atom. The Labute approximate surface area is 176 Å². The van der Waals surface area contributed by atoms with Gasteiger partial charge in [-0.05, 0) is 61.2 Å². The summed E-state index contributed by atoms with van der Waals surface area (Å²) in [5.74, 6) is 0.613. The number of hydrogen-bond donors (Lipinski definition) is 1. The number of fused-ring (bicyclic) bond motifs is 1. The molecule has 0 spiro atoms. The van der Waals surface area contributed by atoms with Gasteiger partial charge in [-0.1, -0.05) is 17.3 Å². The molecule has 3 aromatic rings. The van der Waals surface area contributed by atoms with E-state index in [2.05, 4.69) is 10.5 Å². The van der Waals surface area contributed by atoms with Gasteiger partial charge in [0.05, 0.1) is 24.1 Å². The average molecular weight is 428 g/mol. The fourth-order valence-corrected chi connectivity index (χ4v) is 3.57. The molecule has 1 N–H and O–H groups in total. The van der Waals surface area contributed by atoms with E-state index in [1.54, 1.807) is 12.1 Å². The lowest BCUT2D eigenvalue weighted by atomic mass is 10.1. The van der Waals surface area contributed by atoms with Gasteiger partial charge in [-0.2, -0.15) is 13.2 Å². The number of carbonyl (C=O) groups is 1. The number of anilines is 1. The lowest BCUT2D eigenvalue weighted by Crippen LogP contribution is -2.09.